The minimum atomic E-state index is -4.72. The third-order valence-electron chi connectivity index (χ3n) is 6.62. The van der Waals surface area contributed by atoms with Crippen LogP contribution in [-0.4, -0.2) is 72.5 Å². The Morgan fingerprint density at radius 2 is 1.85 bits per heavy atom. The van der Waals surface area contributed by atoms with E-state index < -0.39 is 46.5 Å². The molecule has 1 saturated heterocycles. The maximum absolute atomic E-state index is 13.5. The number of amides is 1. The van der Waals surface area contributed by atoms with E-state index in [1.54, 1.807) is 35.9 Å². The van der Waals surface area contributed by atoms with E-state index in [-0.39, 0.29) is 40.9 Å². The van der Waals surface area contributed by atoms with Crippen LogP contribution in [0.15, 0.2) is 64.8 Å². The van der Waals surface area contributed by atoms with Gasteiger partial charge in [0.2, 0.25) is 5.28 Å². The zero-order chi connectivity index (χ0) is 34.4. The van der Waals surface area contributed by atoms with Crippen LogP contribution in [0.3, 0.4) is 0 Å². The normalized spacial score (nSPS) is 16.3. The van der Waals surface area contributed by atoms with Gasteiger partial charge < -0.3 is 19.4 Å². The monoisotopic (exact) mass is 684 g/mol. The van der Waals surface area contributed by atoms with Gasteiger partial charge in [-0.2, -0.15) is 18.3 Å². The van der Waals surface area contributed by atoms with E-state index in [9.17, 15) is 36.4 Å². The molecular formula is C28H31F3N6O9S. The number of halogens is 3. The number of sulfonamides is 1. The van der Waals surface area contributed by atoms with Crippen LogP contribution in [0.1, 0.15) is 37.9 Å². The number of nitrogens with zero attached hydrogens (tertiary/aromatic N) is 5. The molecule has 2 atom stereocenters. The average molecular weight is 685 g/mol. The van der Waals surface area contributed by atoms with Gasteiger partial charge in [0.1, 0.15) is 12.6 Å². The molecule has 2 heterocycles. The van der Waals surface area contributed by atoms with Crippen molar-refractivity contribution in [3.05, 3.63) is 71.1 Å². The summed E-state index contributed by atoms with van der Waals surface area (Å²) in [7, 11) is -4.47. The standard InChI is InChI=1S/C28H31F3N6O9S/c1-4-43-27(39)44-19(3)46-34-37(40)35-15-5-6-22(17-35)45-26(38)33-47(41,42)23-13-11-21(12-14-23)36-24(16-25(32-36)28(29,30)31)20-9-7-18(2)8-10-20/h7-14,16,19,22H,4-6,15,17H2,1-3H3,(H,33,38)/b37-34-. The summed E-state index contributed by atoms with van der Waals surface area (Å²) in [5.74, 6) is 0. The number of piperidine rings is 1. The topological polar surface area (TPSA) is 177 Å². The van der Waals surface area contributed by atoms with Crippen LogP contribution >= 0.6 is 0 Å². The first kappa shape index (κ1) is 34.8. The zero-order valence-corrected chi connectivity index (χ0v) is 26.2. The molecule has 0 aliphatic carbocycles. The van der Waals surface area contributed by atoms with Gasteiger partial charge in [-0.1, -0.05) is 29.8 Å². The van der Waals surface area contributed by atoms with Crippen LogP contribution in [0, 0.1) is 12.1 Å². The smallest absolute Gasteiger partial charge is 0.511 e. The van der Waals surface area contributed by atoms with E-state index >= 15 is 0 Å². The lowest BCUT2D eigenvalue weighted by Gasteiger charge is -2.28. The Labute approximate surface area is 267 Å². The summed E-state index contributed by atoms with van der Waals surface area (Å²) in [4.78, 5) is 28.3. The Morgan fingerprint density at radius 3 is 2.49 bits per heavy atom. The summed E-state index contributed by atoms with van der Waals surface area (Å²) >= 11 is 0. The summed E-state index contributed by atoms with van der Waals surface area (Å²) in [5, 5.41) is 20.4. The van der Waals surface area contributed by atoms with E-state index in [0.29, 0.717) is 18.4 Å². The number of alkyl halides is 3. The average Bonchev–Trinajstić information content (AvgIpc) is 3.47. The lowest BCUT2D eigenvalue weighted by Crippen LogP contribution is -2.45. The van der Waals surface area contributed by atoms with E-state index in [1.807, 2.05) is 6.92 Å². The molecule has 2 unspecified atom stereocenters. The number of aromatic nitrogens is 2. The van der Waals surface area contributed by atoms with Crippen molar-refractivity contribution < 1.29 is 55.2 Å². The van der Waals surface area contributed by atoms with Crippen molar-refractivity contribution in [2.45, 2.75) is 57.1 Å². The van der Waals surface area contributed by atoms with Crippen molar-refractivity contribution in [1.82, 2.24) is 19.5 Å². The third kappa shape index (κ3) is 9.24. The maximum Gasteiger partial charge on any atom is 0.511 e. The first-order chi connectivity index (χ1) is 22.2. The molecule has 47 heavy (non-hydrogen) atoms. The number of carbonyl (C=O) groups excluding carboxylic acids is 2. The molecule has 1 N–H and O–H groups in total. The first-order valence-electron chi connectivity index (χ1n) is 14.2. The van der Waals surface area contributed by atoms with Gasteiger partial charge in [-0.3, -0.25) is 4.84 Å². The van der Waals surface area contributed by atoms with Crippen LogP contribution in [0.5, 0.6) is 0 Å². The Bertz CT molecular complexity index is 1700. The van der Waals surface area contributed by atoms with Gasteiger partial charge in [-0.05, 0) is 57.0 Å². The zero-order valence-electron chi connectivity index (χ0n) is 25.3. The predicted molar refractivity (Wildman–Crippen MR) is 155 cm³/mol. The van der Waals surface area contributed by atoms with Gasteiger partial charge in [0.25, 0.3) is 16.3 Å². The van der Waals surface area contributed by atoms with Gasteiger partial charge in [0, 0.05) is 12.5 Å². The van der Waals surface area contributed by atoms with E-state index in [0.717, 1.165) is 33.5 Å². The lowest BCUT2D eigenvalue weighted by molar-refractivity contribution is -0.716. The SMILES string of the molecule is CCOC(=O)OC(C)O/N=[N+](\[O-])N1CCCC(OC(=O)NS(=O)(=O)c2ccc(-n3nc(C(F)(F)F)cc3-c3ccc(C)cc3)cc2)C1. The summed E-state index contributed by atoms with van der Waals surface area (Å²) in [6, 6.07) is 12.3. The van der Waals surface area contributed by atoms with Crippen molar-refractivity contribution in [1.29, 1.82) is 0 Å². The van der Waals surface area contributed by atoms with Gasteiger partial charge in [0.05, 0.1) is 34.4 Å². The molecule has 3 aromatic rings. The molecule has 2 aromatic carbocycles. The fourth-order valence-corrected chi connectivity index (χ4v) is 5.27. The molecule has 19 heteroatoms. The number of rotatable bonds is 10. The second-order valence-corrected chi connectivity index (χ2v) is 11.9. The number of hydrogen-bond donors (Lipinski definition) is 1. The summed E-state index contributed by atoms with van der Waals surface area (Å²) in [6.07, 6.45) is -8.50. The molecule has 1 aliphatic heterocycles. The van der Waals surface area contributed by atoms with Crippen LogP contribution < -0.4 is 4.72 Å². The van der Waals surface area contributed by atoms with Crippen LogP contribution in [0.2, 0.25) is 0 Å². The molecule has 4 rings (SSSR count). The minimum Gasteiger partial charge on any atom is -0.569 e. The number of ether oxygens (including phenoxy) is 3. The second-order valence-electron chi connectivity index (χ2n) is 10.2. The number of benzene rings is 2. The van der Waals surface area contributed by atoms with E-state index in [4.69, 9.17) is 14.3 Å². The number of nitrogens with one attached hydrogen (secondary N) is 1. The largest absolute Gasteiger partial charge is 0.569 e. The number of aryl methyl sites for hydroxylation is 1. The molecule has 0 radical (unpaired) electrons. The summed E-state index contributed by atoms with van der Waals surface area (Å²) < 4.78 is 83.7. The predicted octanol–water partition coefficient (Wildman–Crippen LogP) is 5.07. The highest BCUT2D eigenvalue weighted by atomic mass is 32.2. The van der Waals surface area contributed by atoms with Crippen molar-refractivity contribution >= 4 is 22.3 Å². The third-order valence-corrected chi connectivity index (χ3v) is 7.95. The van der Waals surface area contributed by atoms with Crippen molar-refractivity contribution in [2.24, 2.45) is 5.28 Å². The van der Waals surface area contributed by atoms with Crippen LogP contribution in [0.25, 0.3) is 16.9 Å². The molecule has 1 fully saturated rings. The highest BCUT2D eigenvalue weighted by Gasteiger charge is 2.35. The lowest BCUT2D eigenvalue weighted by atomic mass is 10.1. The Morgan fingerprint density at radius 1 is 1.17 bits per heavy atom. The van der Waals surface area contributed by atoms with E-state index in [1.165, 1.54) is 19.1 Å². The Kier molecular flexibility index (Phi) is 10.8. The Hall–Kier alpha value is -5.07. The molecule has 0 saturated carbocycles. The molecule has 1 aliphatic rings. The fraction of sp³-hybridized carbons (Fsp3) is 0.393. The summed E-state index contributed by atoms with van der Waals surface area (Å²) in [5.41, 5.74) is 0.499. The molecule has 254 valence electrons. The van der Waals surface area contributed by atoms with Crippen molar-refractivity contribution in [2.75, 3.05) is 19.7 Å². The van der Waals surface area contributed by atoms with Crippen molar-refractivity contribution in [3.8, 4) is 16.9 Å². The minimum absolute atomic E-state index is 0.0730. The van der Waals surface area contributed by atoms with Gasteiger partial charge in [-0.15, -0.1) is 5.01 Å². The molecule has 1 aromatic heterocycles. The first-order valence-corrected chi connectivity index (χ1v) is 15.6. The van der Waals surface area contributed by atoms with Crippen LogP contribution in [0.4, 0.5) is 22.8 Å². The fourth-order valence-electron chi connectivity index (χ4n) is 4.39. The highest BCUT2D eigenvalue weighted by molar-refractivity contribution is 7.90. The number of hydrazine groups is 1. The van der Waals surface area contributed by atoms with Gasteiger partial charge in [0.15, 0.2) is 5.69 Å². The molecule has 0 bridgehead atoms. The Balaban J connectivity index is 1.39. The number of hydrogen-bond acceptors (Lipinski definition) is 11. The van der Waals surface area contributed by atoms with Crippen LogP contribution in [-0.2, 0) is 35.2 Å². The summed E-state index contributed by atoms with van der Waals surface area (Å²) in [6.45, 7) is 4.84. The highest BCUT2D eigenvalue weighted by Crippen LogP contribution is 2.33. The van der Waals surface area contributed by atoms with Gasteiger partial charge >= 0.3 is 18.4 Å². The van der Waals surface area contributed by atoms with Gasteiger partial charge in [-0.25, -0.2) is 27.4 Å². The second kappa shape index (κ2) is 14.6. The van der Waals surface area contributed by atoms with E-state index in [2.05, 4.69) is 15.1 Å². The molecule has 0 spiro atoms. The number of carbonyl (C=O) groups is 2. The quantitative estimate of drug-likeness (QED) is 0.0991. The maximum atomic E-state index is 13.5. The molecule has 15 nitrogen and oxygen atoms in total. The molecular weight excluding hydrogens is 653 g/mol. The molecule has 1 amide bonds. The van der Waals surface area contributed by atoms with Crippen molar-refractivity contribution in [3.63, 3.8) is 0 Å².